The Labute approximate surface area is 186 Å². The van der Waals surface area contributed by atoms with Gasteiger partial charge in [0, 0.05) is 16.5 Å². The zero-order chi connectivity index (χ0) is 23.8. The number of phosphoric acid groups is 1. The maximum absolute atomic E-state index is 12.3. The van der Waals surface area contributed by atoms with Crippen LogP contribution >= 0.6 is 7.82 Å². The Kier molecular flexibility index (Phi) is 5.88. The first kappa shape index (κ1) is 22.8. The van der Waals surface area contributed by atoms with E-state index in [9.17, 15) is 27.5 Å². The van der Waals surface area contributed by atoms with Gasteiger partial charge in [-0.25, -0.2) is 9.55 Å². The second kappa shape index (κ2) is 8.51. The first-order chi connectivity index (χ1) is 15.5. The van der Waals surface area contributed by atoms with E-state index in [1.54, 1.807) is 55.5 Å². The Hall–Kier alpha value is -3.39. The molecule has 2 N–H and O–H groups in total. The Morgan fingerprint density at radius 2 is 1.39 bits per heavy atom. The molecule has 1 aromatic heterocycles. The third-order valence-corrected chi connectivity index (χ3v) is 5.29. The van der Waals surface area contributed by atoms with E-state index in [0.29, 0.717) is 33.3 Å². The van der Waals surface area contributed by atoms with Crippen LogP contribution in [0.1, 0.15) is 5.56 Å². The molecule has 4 aromatic rings. The van der Waals surface area contributed by atoms with Crippen LogP contribution in [0.5, 0.6) is 11.5 Å². The van der Waals surface area contributed by atoms with E-state index >= 15 is 0 Å². The molecule has 0 fully saturated rings. The number of alkyl halides is 3. The smallest absolute Gasteiger partial charge is 0.406 e. The van der Waals surface area contributed by atoms with Crippen molar-refractivity contribution in [3.8, 4) is 33.9 Å². The summed E-state index contributed by atoms with van der Waals surface area (Å²) in [6, 6.07) is 19.4. The summed E-state index contributed by atoms with van der Waals surface area (Å²) in [5.41, 5.74) is 3.56. The van der Waals surface area contributed by atoms with Crippen LogP contribution in [0.2, 0.25) is 0 Å². The standard InChI is InChI=1S/C23H17F3NO5P/c1-14-21(27-20-5-3-2-4-19(20)22(14)32-33(28,29)30)17-8-6-15(7-9-17)16-10-12-18(13-11-16)31-23(24,25)26/h2-13H,1H3,(H2,28,29,30). The molecule has 10 heteroatoms. The molecule has 0 radical (unpaired) electrons. The number of rotatable bonds is 5. The lowest BCUT2D eigenvalue weighted by Crippen LogP contribution is -2.16. The van der Waals surface area contributed by atoms with Crippen LogP contribution in [0.4, 0.5) is 13.2 Å². The predicted octanol–water partition coefficient (Wildman–Crippen LogP) is 6.25. The molecule has 33 heavy (non-hydrogen) atoms. The first-order valence-corrected chi connectivity index (χ1v) is 11.1. The Balaban J connectivity index is 1.70. The molecular weight excluding hydrogens is 458 g/mol. The average molecular weight is 475 g/mol. The van der Waals surface area contributed by atoms with Crippen molar-refractivity contribution in [2.75, 3.05) is 0 Å². The molecule has 0 unspecified atom stereocenters. The second-order valence-corrected chi connectivity index (χ2v) is 8.33. The van der Waals surface area contributed by atoms with Crippen LogP contribution in [-0.4, -0.2) is 21.1 Å². The number of para-hydroxylation sites is 1. The molecule has 0 aliphatic heterocycles. The van der Waals surface area contributed by atoms with Crippen molar-refractivity contribution in [3.05, 3.63) is 78.4 Å². The number of halogens is 3. The molecule has 0 amide bonds. The molecule has 6 nitrogen and oxygen atoms in total. The second-order valence-electron chi connectivity index (χ2n) is 7.16. The summed E-state index contributed by atoms with van der Waals surface area (Å²) in [7, 11) is -4.80. The van der Waals surface area contributed by atoms with Crippen molar-refractivity contribution in [3.63, 3.8) is 0 Å². The number of hydrogen-bond donors (Lipinski definition) is 2. The maximum atomic E-state index is 12.3. The molecular formula is C23H17F3NO5P. The minimum atomic E-state index is -4.80. The van der Waals surface area contributed by atoms with Gasteiger partial charge in [-0.1, -0.05) is 48.5 Å². The van der Waals surface area contributed by atoms with Crippen LogP contribution in [-0.2, 0) is 4.57 Å². The molecule has 3 aromatic carbocycles. The van der Waals surface area contributed by atoms with Gasteiger partial charge in [0.2, 0.25) is 0 Å². The lowest BCUT2D eigenvalue weighted by molar-refractivity contribution is -0.274. The number of benzene rings is 3. The van der Waals surface area contributed by atoms with Gasteiger partial charge in [-0.2, -0.15) is 0 Å². The fourth-order valence-corrected chi connectivity index (χ4v) is 3.94. The highest BCUT2D eigenvalue weighted by Crippen LogP contribution is 2.44. The molecule has 0 saturated heterocycles. The topological polar surface area (TPSA) is 88.9 Å². The van der Waals surface area contributed by atoms with E-state index in [1.807, 2.05) is 0 Å². The fraction of sp³-hybridized carbons (Fsp3) is 0.0870. The predicted molar refractivity (Wildman–Crippen MR) is 117 cm³/mol. The SMILES string of the molecule is Cc1c(-c2ccc(-c3ccc(OC(F)(F)F)cc3)cc2)nc2ccccc2c1OP(=O)(O)O. The monoisotopic (exact) mass is 475 g/mol. The zero-order valence-electron chi connectivity index (χ0n) is 17.1. The van der Waals surface area contributed by atoms with E-state index in [2.05, 4.69) is 9.72 Å². The third-order valence-electron chi connectivity index (χ3n) is 4.87. The average Bonchev–Trinajstić information content (AvgIpc) is 2.74. The van der Waals surface area contributed by atoms with Gasteiger partial charge in [-0.3, -0.25) is 9.79 Å². The molecule has 170 valence electrons. The van der Waals surface area contributed by atoms with E-state index < -0.39 is 14.2 Å². The molecule has 0 saturated carbocycles. The van der Waals surface area contributed by atoms with Crippen LogP contribution in [0.15, 0.2) is 72.8 Å². The van der Waals surface area contributed by atoms with E-state index in [4.69, 9.17) is 4.52 Å². The van der Waals surface area contributed by atoms with Crippen LogP contribution < -0.4 is 9.26 Å². The van der Waals surface area contributed by atoms with Crippen molar-refractivity contribution in [1.82, 2.24) is 4.98 Å². The number of fused-ring (bicyclic) bond motifs is 1. The van der Waals surface area contributed by atoms with Crippen LogP contribution in [0, 0.1) is 6.92 Å². The van der Waals surface area contributed by atoms with E-state index in [0.717, 1.165) is 5.56 Å². The molecule has 0 atom stereocenters. The quantitative estimate of drug-likeness (QED) is 0.332. The van der Waals surface area contributed by atoms with Gasteiger partial charge in [0.15, 0.2) is 0 Å². The highest BCUT2D eigenvalue weighted by Gasteiger charge is 2.31. The maximum Gasteiger partial charge on any atom is 0.573 e. The summed E-state index contributed by atoms with van der Waals surface area (Å²) < 4.78 is 57.4. The lowest BCUT2D eigenvalue weighted by atomic mass is 9.99. The number of phosphoric ester groups is 1. The summed E-state index contributed by atoms with van der Waals surface area (Å²) in [5.74, 6) is -0.260. The highest BCUT2D eigenvalue weighted by molar-refractivity contribution is 7.46. The van der Waals surface area contributed by atoms with Gasteiger partial charge in [0.25, 0.3) is 0 Å². The summed E-state index contributed by atoms with van der Waals surface area (Å²) in [5, 5.41) is 0.472. The minimum absolute atomic E-state index is 0.0493. The minimum Gasteiger partial charge on any atom is -0.406 e. The van der Waals surface area contributed by atoms with Gasteiger partial charge in [0.05, 0.1) is 11.2 Å². The number of aromatic nitrogens is 1. The summed E-state index contributed by atoms with van der Waals surface area (Å²) >= 11 is 0. The van der Waals surface area contributed by atoms with Gasteiger partial charge < -0.3 is 9.26 Å². The van der Waals surface area contributed by atoms with Crippen molar-refractivity contribution in [2.45, 2.75) is 13.3 Å². The van der Waals surface area contributed by atoms with Crippen LogP contribution in [0.3, 0.4) is 0 Å². The highest BCUT2D eigenvalue weighted by atomic mass is 31.2. The van der Waals surface area contributed by atoms with E-state index in [1.165, 1.54) is 24.3 Å². The van der Waals surface area contributed by atoms with Gasteiger partial charge >= 0.3 is 14.2 Å². The summed E-state index contributed by atoms with van der Waals surface area (Å²) in [6.45, 7) is 1.66. The number of hydrogen-bond acceptors (Lipinski definition) is 4. The van der Waals surface area contributed by atoms with Gasteiger partial charge in [-0.15, -0.1) is 13.2 Å². The molecule has 0 spiro atoms. The third kappa shape index (κ3) is 5.34. The molecule has 0 aliphatic rings. The zero-order valence-corrected chi connectivity index (χ0v) is 18.0. The van der Waals surface area contributed by atoms with Crippen LogP contribution in [0.25, 0.3) is 33.3 Å². The van der Waals surface area contributed by atoms with Gasteiger partial charge in [0.1, 0.15) is 11.5 Å². The van der Waals surface area contributed by atoms with Crippen molar-refractivity contribution < 1.29 is 36.8 Å². The first-order valence-electron chi connectivity index (χ1n) is 9.61. The fourth-order valence-electron chi connectivity index (χ4n) is 3.46. The molecule has 0 aliphatic carbocycles. The lowest BCUT2D eigenvalue weighted by Gasteiger charge is -2.16. The normalized spacial score (nSPS) is 12.1. The Morgan fingerprint density at radius 3 is 1.97 bits per heavy atom. The molecule has 0 bridgehead atoms. The van der Waals surface area contributed by atoms with Crippen molar-refractivity contribution >= 4 is 18.7 Å². The molecule has 4 rings (SSSR count). The van der Waals surface area contributed by atoms with Gasteiger partial charge in [-0.05, 0) is 42.3 Å². The summed E-state index contributed by atoms with van der Waals surface area (Å²) in [6.07, 6.45) is -4.75. The Morgan fingerprint density at radius 1 is 0.848 bits per heavy atom. The van der Waals surface area contributed by atoms with Crippen molar-refractivity contribution in [2.24, 2.45) is 0 Å². The number of ether oxygens (including phenoxy) is 1. The number of pyridine rings is 1. The van der Waals surface area contributed by atoms with Crippen molar-refractivity contribution in [1.29, 1.82) is 0 Å². The van der Waals surface area contributed by atoms with E-state index in [-0.39, 0.29) is 11.5 Å². The Bertz CT molecular complexity index is 1350. The number of nitrogens with zero attached hydrogens (tertiary/aromatic N) is 1. The molecule has 1 heterocycles. The summed E-state index contributed by atoms with van der Waals surface area (Å²) in [4.78, 5) is 23.3. The largest absolute Gasteiger partial charge is 0.573 e.